The highest BCUT2D eigenvalue weighted by atomic mass is 127. The van der Waals surface area contributed by atoms with Gasteiger partial charge in [0, 0.05) is 39.8 Å². The van der Waals surface area contributed by atoms with Gasteiger partial charge in [-0.3, -0.25) is 14.7 Å². The molecule has 0 aromatic heterocycles. The number of halogens is 1. The van der Waals surface area contributed by atoms with Gasteiger partial charge in [-0.1, -0.05) is 0 Å². The summed E-state index contributed by atoms with van der Waals surface area (Å²) in [5.74, 6) is 1.79. The van der Waals surface area contributed by atoms with Crippen LogP contribution in [0.2, 0.25) is 0 Å². The predicted molar refractivity (Wildman–Crippen MR) is 117 cm³/mol. The third-order valence-corrected chi connectivity index (χ3v) is 7.62. The van der Waals surface area contributed by atoms with E-state index >= 15 is 0 Å². The minimum Gasteiger partial charge on any atom is -0.356 e. The SMILES string of the molecule is CN=C(NCC1CCS(=O)(=O)C1)N1CCN(C(=O)C2CCCN2C)CC1.I. The van der Waals surface area contributed by atoms with Crippen LogP contribution in [-0.2, 0) is 14.6 Å². The second kappa shape index (κ2) is 9.73. The van der Waals surface area contributed by atoms with E-state index in [0.29, 0.717) is 25.4 Å². The summed E-state index contributed by atoms with van der Waals surface area (Å²) in [5, 5.41) is 3.32. The van der Waals surface area contributed by atoms with Crippen LogP contribution >= 0.6 is 24.0 Å². The van der Waals surface area contributed by atoms with Gasteiger partial charge in [-0.2, -0.15) is 0 Å². The number of nitrogens with zero attached hydrogens (tertiary/aromatic N) is 4. The van der Waals surface area contributed by atoms with Gasteiger partial charge in [0.1, 0.15) is 0 Å². The standard InChI is InChI=1S/C17H31N5O3S.HI/c1-18-17(19-12-14-5-11-26(24,25)13-14)22-9-7-21(8-10-22)16(23)15-4-3-6-20(15)2;/h14-15H,3-13H2,1-2H3,(H,18,19);1H. The molecule has 1 amide bonds. The summed E-state index contributed by atoms with van der Waals surface area (Å²) in [6.45, 7) is 4.57. The molecule has 8 nitrogen and oxygen atoms in total. The number of sulfone groups is 1. The van der Waals surface area contributed by atoms with E-state index in [-0.39, 0.29) is 47.6 Å². The zero-order valence-corrected chi connectivity index (χ0v) is 19.4. The molecule has 2 atom stereocenters. The molecule has 3 heterocycles. The Morgan fingerprint density at radius 2 is 1.78 bits per heavy atom. The van der Waals surface area contributed by atoms with E-state index in [4.69, 9.17) is 0 Å². The van der Waals surface area contributed by atoms with Crippen LogP contribution in [0.25, 0.3) is 0 Å². The molecule has 0 radical (unpaired) electrons. The number of amides is 1. The number of carbonyl (C=O) groups excluding carboxylic acids is 1. The van der Waals surface area contributed by atoms with E-state index in [1.54, 1.807) is 7.05 Å². The largest absolute Gasteiger partial charge is 0.356 e. The molecule has 3 saturated heterocycles. The van der Waals surface area contributed by atoms with Gasteiger partial charge < -0.3 is 15.1 Å². The lowest BCUT2D eigenvalue weighted by atomic mass is 10.1. The van der Waals surface area contributed by atoms with Crippen molar-refractivity contribution in [3.63, 3.8) is 0 Å². The molecule has 0 saturated carbocycles. The van der Waals surface area contributed by atoms with Gasteiger partial charge in [0.15, 0.2) is 15.8 Å². The minimum atomic E-state index is -2.85. The van der Waals surface area contributed by atoms with Crippen molar-refractivity contribution < 1.29 is 13.2 Å². The van der Waals surface area contributed by atoms with E-state index in [1.807, 2.05) is 11.9 Å². The summed E-state index contributed by atoms with van der Waals surface area (Å²) < 4.78 is 23.2. The van der Waals surface area contributed by atoms with Crippen molar-refractivity contribution in [2.45, 2.75) is 25.3 Å². The summed E-state index contributed by atoms with van der Waals surface area (Å²) >= 11 is 0. The van der Waals surface area contributed by atoms with E-state index < -0.39 is 9.84 Å². The fourth-order valence-electron chi connectivity index (χ4n) is 4.17. The molecule has 1 N–H and O–H groups in total. The quantitative estimate of drug-likeness (QED) is 0.321. The number of guanidine groups is 1. The van der Waals surface area contributed by atoms with Crippen LogP contribution in [0.5, 0.6) is 0 Å². The number of likely N-dealkylation sites (tertiary alicyclic amines) is 1. The highest BCUT2D eigenvalue weighted by molar-refractivity contribution is 14.0. The monoisotopic (exact) mass is 513 g/mol. The number of rotatable bonds is 3. The molecular formula is C17H32IN5O3S. The van der Waals surface area contributed by atoms with Gasteiger partial charge in [0.05, 0.1) is 17.5 Å². The lowest BCUT2D eigenvalue weighted by Gasteiger charge is -2.38. The molecule has 156 valence electrons. The fraction of sp³-hybridized carbons (Fsp3) is 0.882. The van der Waals surface area contributed by atoms with Crippen molar-refractivity contribution in [2.24, 2.45) is 10.9 Å². The van der Waals surface area contributed by atoms with Crippen molar-refractivity contribution in [2.75, 3.05) is 64.9 Å². The first-order valence-electron chi connectivity index (χ1n) is 9.54. The smallest absolute Gasteiger partial charge is 0.240 e. The molecule has 0 bridgehead atoms. The summed E-state index contributed by atoms with van der Waals surface area (Å²) in [6.07, 6.45) is 2.78. The van der Waals surface area contributed by atoms with E-state index in [1.165, 1.54) is 0 Å². The Morgan fingerprint density at radius 1 is 1.11 bits per heavy atom. The van der Waals surface area contributed by atoms with Crippen molar-refractivity contribution >= 4 is 45.7 Å². The Labute approximate surface area is 179 Å². The maximum absolute atomic E-state index is 12.7. The number of carbonyl (C=O) groups is 1. The summed E-state index contributed by atoms with van der Waals surface area (Å²) in [5.41, 5.74) is 0. The number of piperazine rings is 1. The topological polar surface area (TPSA) is 85.3 Å². The molecule has 0 aliphatic carbocycles. The maximum Gasteiger partial charge on any atom is 0.240 e. The Bertz CT molecular complexity index is 649. The molecule has 3 fully saturated rings. The van der Waals surface area contributed by atoms with Crippen molar-refractivity contribution in [3.05, 3.63) is 0 Å². The molecule has 27 heavy (non-hydrogen) atoms. The molecule has 3 aliphatic rings. The van der Waals surface area contributed by atoms with Gasteiger partial charge in [-0.05, 0) is 38.8 Å². The van der Waals surface area contributed by atoms with Crippen LogP contribution in [0.1, 0.15) is 19.3 Å². The second-order valence-electron chi connectivity index (χ2n) is 7.65. The van der Waals surface area contributed by atoms with Crippen LogP contribution in [0, 0.1) is 5.92 Å². The summed E-state index contributed by atoms with van der Waals surface area (Å²) in [4.78, 5) is 23.3. The van der Waals surface area contributed by atoms with Gasteiger partial charge in [-0.25, -0.2) is 8.42 Å². The van der Waals surface area contributed by atoms with Gasteiger partial charge in [0.25, 0.3) is 0 Å². The van der Waals surface area contributed by atoms with E-state index in [9.17, 15) is 13.2 Å². The Balaban J connectivity index is 0.00000261. The summed E-state index contributed by atoms with van der Waals surface area (Å²) in [6, 6.07) is 0.0447. The number of hydrogen-bond donors (Lipinski definition) is 1. The van der Waals surface area contributed by atoms with Crippen molar-refractivity contribution in [1.82, 2.24) is 20.0 Å². The second-order valence-corrected chi connectivity index (χ2v) is 9.88. The number of hydrogen-bond acceptors (Lipinski definition) is 5. The van der Waals surface area contributed by atoms with Crippen LogP contribution in [0.4, 0.5) is 0 Å². The van der Waals surface area contributed by atoms with Gasteiger partial charge in [-0.15, -0.1) is 24.0 Å². The lowest BCUT2D eigenvalue weighted by molar-refractivity contribution is -0.136. The maximum atomic E-state index is 12.7. The van der Waals surface area contributed by atoms with Crippen LogP contribution in [-0.4, -0.2) is 106 Å². The molecular weight excluding hydrogens is 481 g/mol. The van der Waals surface area contributed by atoms with Crippen LogP contribution < -0.4 is 5.32 Å². The normalized spacial score (nSPS) is 28.9. The molecule has 10 heteroatoms. The molecule has 0 spiro atoms. The van der Waals surface area contributed by atoms with Gasteiger partial charge >= 0.3 is 0 Å². The molecule has 2 unspecified atom stereocenters. The first-order valence-corrected chi connectivity index (χ1v) is 11.4. The average molecular weight is 513 g/mol. The van der Waals surface area contributed by atoms with Crippen LogP contribution in [0.3, 0.4) is 0 Å². The molecule has 0 aromatic rings. The van der Waals surface area contributed by atoms with Crippen molar-refractivity contribution in [3.8, 4) is 0 Å². The zero-order valence-electron chi connectivity index (χ0n) is 16.3. The first-order chi connectivity index (χ1) is 12.4. The van der Waals surface area contributed by atoms with Gasteiger partial charge in [0.2, 0.25) is 5.91 Å². The molecule has 3 rings (SSSR count). The predicted octanol–water partition coefficient (Wildman–Crippen LogP) is -0.147. The fourth-order valence-corrected chi connectivity index (χ4v) is 6.03. The Kier molecular flexibility index (Phi) is 8.17. The highest BCUT2D eigenvalue weighted by Crippen LogP contribution is 2.19. The first kappa shape index (κ1) is 22.7. The minimum absolute atomic E-state index is 0. The highest BCUT2D eigenvalue weighted by Gasteiger charge is 2.33. The molecule has 3 aliphatic heterocycles. The Morgan fingerprint density at radius 3 is 2.30 bits per heavy atom. The average Bonchev–Trinajstić information content (AvgIpc) is 3.20. The van der Waals surface area contributed by atoms with Crippen LogP contribution in [0.15, 0.2) is 4.99 Å². The number of aliphatic imine (C=N–C) groups is 1. The third kappa shape index (κ3) is 5.69. The zero-order chi connectivity index (χ0) is 18.7. The third-order valence-electron chi connectivity index (χ3n) is 5.78. The lowest BCUT2D eigenvalue weighted by Crippen LogP contribution is -2.56. The molecule has 0 aromatic carbocycles. The van der Waals surface area contributed by atoms with Crippen molar-refractivity contribution in [1.29, 1.82) is 0 Å². The number of nitrogens with one attached hydrogen (secondary N) is 1. The van der Waals surface area contributed by atoms with E-state index in [2.05, 4.69) is 20.1 Å². The summed E-state index contributed by atoms with van der Waals surface area (Å²) in [7, 11) is 0.931. The van der Waals surface area contributed by atoms with E-state index in [0.717, 1.165) is 44.9 Å². The number of likely N-dealkylation sites (N-methyl/N-ethyl adjacent to an activating group) is 1. The Hall–Kier alpha value is -0.620.